The van der Waals surface area contributed by atoms with E-state index in [-0.39, 0.29) is 12.3 Å². The standard InChI is InChI=1S/C13H18O2S/c1-9(8-13(14)15)11-6-7-12(16-11)10-4-2-3-5-10/h6-7,9-10H,2-5,8H2,1H3,(H,14,15). The Labute approximate surface area is 100 Å². The first-order valence-electron chi connectivity index (χ1n) is 5.98. The summed E-state index contributed by atoms with van der Waals surface area (Å²) in [5.74, 6) is 0.191. The van der Waals surface area contributed by atoms with E-state index in [9.17, 15) is 4.79 Å². The highest BCUT2D eigenvalue weighted by Crippen LogP contribution is 2.39. The van der Waals surface area contributed by atoms with Crippen molar-refractivity contribution in [2.45, 2.75) is 50.9 Å². The molecule has 1 N–H and O–H groups in total. The zero-order valence-corrected chi connectivity index (χ0v) is 10.4. The topological polar surface area (TPSA) is 37.3 Å². The van der Waals surface area contributed by atoms with Crippen LogP contribution in [0.4, 0.5) is 0 Å². The van der Waals surface area contributed by atoms with Gasteiger partial charge >= 0.3 is 5.97 Å². The zero-order valence-electron chi connectivity index (χ0n) is 9.61. The van der Waals surface area contributed by atoms with E-state index in [4.69, 9.17) is 5.11 Å². The van der Waals surface area contributed by atoms with Gasteiger partial charge in [0.05, 0.1) is 6.42 Å². The molecule has 2 rings (SSSR count). The third-order valence-corrected chi connectivity index (χ3v) is 4.85. The van der Waals surface area contributed by atoms with Crippen molar-refractivity contribution >= 4 is 17.3 Å². The van der Waals surface area contributed by atoms with Crippen LogP contribution in [0.1, 0.15) is 60.6 Å². The molecular formula is C13H18O2S. The van der Waals surface area contributed by atoms with Gasteiger partial charge in [-0.15, -0.1) is 11.3 Å². The molecule has 16 heavy (non-hydrogen) atoms. The second-order valence-electron chi connectivity index (χ2n) is 4.72. The van der Waals surface area contributed by atoms with Gasteiger partial charge in [0.15, 0.2) is 0 Å². The molecule has 0 radical (unpaired) electrons. The van der Waals surface area contributed by atoms with Crippen LogP contribution in [0.15, 0.2) is 12.1 Å². The maximum atomic E-state index is 10.7. The maximum Gasteiger partial charge on any atom is 0.303 e. The second kappa shape index (κ2) is 5.00. The minimum atomic E-state index is -0.705. The third kappa shape index (κ3) is 2.64. The van der Waals surface area contributed by atoms with Crippen LogP contribution < -0.4 is 0 Å². The average Bonchev–Trinajstić information content (AvgIpc) is 2.87. The molecule has 2 nitrogen and oxygen atoms in total. The van der Waals surface area contributed by atoms with Gasteiger partial charge in [0.25, 0.3) is 0 Å². The van der Waals surface area contributed by atoms with E-state index >= 15 is 0 Å². The van der Waals surface area contributed by atoms with E-state index in [2.05, 4.69) is 12.1 Å². The number of carboxylic acids is 1. The summed E-state index contributed by atoms with van der Waals surface area (Å²) >= 11 is 1.82. The lowest BCUT2D eigenvalue weighted by atomic mass is 10.1. The Morgan fingerprint density at radius 2 is 2.19 bits per heavy atom. The lowest BCUT2D eigenvalue weighted by Crippen LogP contribution is -2.00. The Morgan fingerprint density at radius 1 is 1.50 bits per heavy atom. The Hall–Kier alpha value is -0.830. The summed E-state index contributed by atoms with van der Waals surface area (Å²) < 4.78 is 0. The Kier molecular flexibility index (Phi) is 3.64. The summed E-state index contributed by atoms with van der Waals surface area (Å²) in [5, 5.41) is 8.77. The molecule has 1 aromatic rings. The van der Waals surface area contributed by atoms with Crippen LogP contribution in [0, 0.1) is 0 Å². The van der Waals surface area contributed by atoms with E-state index in [0.717, 1.165) is 5.92 Å². The molecule has 1 saturated carbocycles. The van der Waals surface area contributed by atoms with Gasteiger partial charge in [-0.3, -0.25) is 4.79 Å². The Balaban J connectivity index is 2.03. The maximum absolute atomic E-state index is 10.7. The zero-order chi connectivity index (χ0) is 11.5. The first-order chi connectivity index (χ1) is 7.66. The molecule has 1 unspecified atom stereocenters. The minimum Gasteiger partial charge on any atom is -0.481 e. The fourth-order valence-corrected chi connectivity index (χ4v) is 3.66. The molecule has 1 aromatic heterocycles. The minimum absolute atomic E-state index is 0.151. The molecule has 1 atom stereocenters. The van der Waals surface area contributed by atoms with Crippen LogP contribution >= 0.6 is 11.3 Å². The highest BCUT2D eigenvalue weighted by molar-refractivity contribution is 7.12. The van der Waals surface area contributed by atoms with Crippen molar-refractivity contribution in [1.29, 1.82) is 0 Å². The van der Waals surface area contributed by atoms with Crippen LogP contribution in [-0.2, 0) is 4.79 Å². The molecule has 0 bridgehead atoms. The molecule has 0 amide bonds. The Bertz CT molecular complexity index is 364. The molecule has 1 heterocycles. The van der Waals surface area contributed by atoms with Crippen LogP contribution in [0.3, 0.4) is 0 Å². The first kappa shape index (κ1) is 11.6. The molecule has 88 valence electrons. The fraction of sp³-hybridized carbons (Fsp3) is 0.615. The number of rotatable bonds is 4. The SMILES string of the molecule is CC(CC(=O)O)c1ccc(C2CCCC2)s1. The van der Waals surface area contributed by atoms with Crippen LogP contribution in [0.25, 0.3) is 0 Å². The van der Waals surface area contributed by atoms with Gasteiger partial charge in [-0.25, -0.2) is 0 Å². The van der Waals surface area contributed by atoms with Crippen molar-refractivity contribution < 1.29 is 9.90 Å². The molecule has 1 fully saturated rings. The van der Waals surface area contributed by atoms with Crippen molar-refractivity contribution in [3.05, 3.63) is 21.9 Å². The Morgan fingerprint density at radius 3 is 2.81 bits per heavy atom. The smallest absolute Gasteiger partial charge is 0.303 e. The molecule has 0 aliphatic heterocycles. The summed E-state index contributed by atoms with van der Waals surface area (Å²) in [4.78, 5) is 13.3. The van der Waals surface area contributed by atoms with E-state index in [1.165, 1.54) is 35.4 Å². The van der Waals surface area contributed by atoms with E-state index in [1.54, 1.807) is 0 Å². The van der Waals surface area contributed by atoms with Crippen molar-refractivity contribution in [1.82, 2.24) is 0 Å². The monoisotopic (exact) mass is 238 g/mol. The third-order valence-electron chi connectivity index (χ3n) is 3.37. The highest BCUT2D eigenvalue weighted by atomic mass is 32.1. The van der Waals surface area contributed by atoms with Crippen molar-refractivity contribution in [3.63, 3.8) is 0 Å². The van der Waals surface area contributed by atoms with Crippen molar-refractivity contribution in [3.8, 4) is 0 Å². The van der Waals surface area contributed by atoms with E-state index < -0.39 is 5.97 Å². The van der Waals surface area contributed by atoms with E-state index in [0.29, 0.717) is 0 Å². The number of hydrogen-bond donors (Lipinski definition) is 1. The summed E-state index contributed by atoms with van der Waals surface area (Å²) in [6.45, 7) is 2.00. The highest BCUT2D eigenvalue weighted by Gasteiger charge is 2.20. The van der Waals surface area contributed by atoms with Crippen molar-refractivity contribution in [2.75, 3.05) is 0 Å². The second-order valence-corrected chi connectivity index (χ2v) is 5.87. The molecule has 0 spiro atoms. The van der Waals surface area contributed by atoms with Gasteiger partial charge in [0.2, 0.25) is 0 Å². The van der Waals surface area contributed by atoms with Gasteiger partial charge < -0.3 is 5.11 Å². The van der Waals surface area contributed by atoms with Gasteiger partial charge in [-0.1, -0.05) is 19.8 Å². The molecule has 1 aliphatic carbocycles. The lowest BCUT2D eigenvalue weighted by Gasteiger charge is -2.06. The molecular weight excluding hydrogens is 220 g/mol. The summed E-state index contributed by atoms with van der Waals surface area (Å²) in [6, 6.07) is 4.32. The molecule has 3 heteroatoms. The quantitative estimate of drug-likeness (QED) is 0.861. The first-order valence-corrected chi connectivity index (χ1v) is 6.80. The fourth-order valence-electron chi connectivity index (χ4n) is 2.43. The van der Waals surface area contributed by atoms with Crippen LogP contribution in [0.5, 0.6) is 0 Å². The summed E-state index contributed by atoms with van der Waals surface area (Å²) in [5.41, 5.74) is 0. The molecule has 0 saturated heterocycles. The number of thiophene rings is 1. The molecule has 1 aliphatic rings. The predicted octanol–water partition coefficient (Wildman–Crippen LogP) is 3.98. The molecule has 0 aromatic carbocycles. The number of aliphatic carboxylic acids is 1. The largest absolute Gasteiger partial charge is 0.481 e. The van der Waals surface area contributed by atoms with Crippen molar-refractivity contribution in [2.24, 2.45) is 0 Å². The van der Waals surface area contributed by atoms with Crippen LogP contribution in [-0.4, -0.2) is 11.1 Å². The average molecular weight is 238 g/mol. The number of hydrogen-bond acceptors (Lipinski definition) is 2. The van der Waals surface area contributed by atoms with Crippen LogP contribution in [0.2, 0.25) is 0 Å². The number of carboxylic acid groups (broad SMARTS) is 1. The summed E-state index contributed by atoms with van der Waals surface area (Å²) in [7, 11) is 0. The normalized spacial score (nSPS) is 18.8. The lowest BCUT2D eigenvalue weighted by molar-refractivity contribution is -0.137. The summed E-state index contributed by atoms with van der Waals surface area (Å²) in [6.07, 6.45) is 5.57. The predicted molar refractivity (Wildman–Crippen MR) is 66.2 cm³/mol. The van der Waals surface area contributed by atoms with Gasteiger partial charge in [0.1, 0.15) is 0 Å². The van der Waals surface area contributed by atoms with Gasteiger partial charge in [0, 0.05) is 15.7 Å². The number of carbonyl (C=O) groups is 1. The van der Waals surface area contributed by atoms with Gasteiger partial charge in [-0.2, -0.15) is 0 Å². The van der Waals surface area contributed by atoms with E-state index in [1.807, 2.05) is 18.3 Å². The van der Waals surface area contributed by atoms with Gasteiger partial charge in [-0.05, 0) is 30.9 Å².